The van der Waals surface area contributed by atoms with E-state index in [9.17, 15) is 13.2 Å². The molecule has 0 aliphatic carbocycles. The van der Waals surface area contributed by atoms with E-state index in [1.807, 2.05) is 0 Å². The SMILES string of the molecule is CS(=O)(=O)CCCOc1ccc(C(=O)CN)cc1Cl.Cl. The molecule has 0 aliphatic rings. The minimum atomic E-state index is -2.98. The molecule has 0 fully saturated rings. The predicted molar refractivity (Wildman–Crippen MR) is 81.9 cm³/mol. The van der Waals surface area contributed by atoms with Gasteiger partial charge in [-0.1, -0.05) is 11.6 Å². The molecule has 5 nitrogen and oxygen atoms in total. The molecular weight excluding hydrogens is 325 g/mol. The Bertz CT molecular complexity index is 561. The lowest BCUT2D eigenvalue weighted by Gasteiger charge is -2.08. The summed E-state index contributed by atoms with van der Waals surface area (Å²) >= 11 is 5.96. The van der Waals surface area contributed by atoms with Gasteiger partial charge in [0.2, 0.25) is 0 Å². The monoisotopic (exact) mass is 341 g/mol. The Morgan fingerprint density at radius 2 is 2.05 bits per heavy atom. The van der Waals surface area contributed by atoms with Crippen LogP contribution in [0.2, 0.25) is 5.02 Å². The Balaban J connectivity index is 0.00000361. The maximum Gasteiger partial charge on any atom is 0.176 e. The van der Waals surface area contributed by atoms with Gasteiger partial charge in [0.05, 0.1) is 23.9 Å². The van der Waals surface area contributed by atoms with E-state index >= 15 is 0 Å². The molecule has 20 heavy (non-hydrogen) atoms. The highest BCUT2D eigenvalue weighted by atomic mass is 35.5. The molecule has 0 aromatic heterocycles. The summed E-state index contributed by atoms with van der Waals surface area (Å²) in [6.45, 7) is 0.169. The van der Waals surface area contributed by atoms with Gasteiger partial charge in [0.1, 0.15) is 15.6 Å². The zero-order valence-electron chi connectivity index (χ0n) is 11.0. The zero-order chi connectivity index (χ0) is 14.5. The smallest absolute Gasteiger partial charge is 0.176 e. The summed E-state index contributed by atoms with van der Waals surface area (Å²) in [5.41, 5.74) is 5.68. The van der Waals surface area contributed by atoms with Crippen LogP contribution in [-0.2, 0) is 9.84 Å². The van der Waals surface area contributed by atoms with Crippen LogP contribution in [0.1, 0.15) is 16.8 Å². The van der Waals surface area contributed by atoms with Gasteiger partial charge >= 0.3 is 0 Å². The molecule has 114 valence electrons. The highest BCUT2D eigenvalue weighted by Crippen LogP contribution is 2.25. The van der Waals surface area contributed by atoms with Crippen molar-refractivity contribution in [2.45, 2.75) is 6.42 Å². The van der Waals surface area contributed by atoms with Gasteiger partial charge in [-0.15, -0.1) is 12.4 Å². The first-order valence-corrected chi connectivity index (χ1v) is 8.10. The van der Waals surface area contributed by atoms with Gasteiger partial charge in [-0.25, -0.2) is 8.42 Å². The number of sulfone groups is 1. The van der Waals surface area contributed by atoms with E-state index < -0.39 is 9.84 Å². The number of hydrogen-bond donors (Lipinski definition) is 1. The number of hydrogen-bond acceptors (Lipinski definition) is 5. The first-order valence-electron chi connectivity index (χ1n) is 5.67. The first-order chi connectivity index (χ1) is 8.83. The van der Waals surface area contributed by atoms with Crippen molar-refractivity contribution in [1.29, 1.82) is 0 Å². The van der Waals surface area contributed by atoms with E-state index in [-0.39, 0.29) is 37.1 Å². The summed E-state index contributed by atoms with van der Waals surface area (Å²) in [6.07, 6.45) is 1.56. The standard InChI is InChI=1S/C12H16ClNO4S.ClH/c1-19(16,17)6-2-5-18-12-4-3-9(7-10(12)13)11(15)8-14;/h3-4,7H,2,5-6,8,14H2,1H3;1H. The highest BCUT2D eigenvalue weighted by Gasteiger charge is 2.08. The largest absolute Gasteiger partial charge is 0.492 e. The molecule has 1 aromatic rings. The number of ketones is 1. The van der Waals surface area contributed by atoms with Crippen molar-refractivity contribution in [3.05, 3.63) is 28.8 Å². The number of carbonyl (C=O) groups excluding carboxylic acids is 1. The van der Waals surface area contributed by atoms with Gasteiger partial charge in [0, 0.05) is 11.8 Å². The molecule has 0 spiro atoms. The molecule has 0 heterocycles. The van der Waals surface area contributed by atoms with Gasteiger partial charge in [0.25, 0.3) is 0 Å². The Morgan fingerprint density at radius 1 is 1.40 bits per heavy atom. The maximum absolute atomic E-state index is 11.4. The fourth-order valence-electron chi connectivity index (χ4n) is 1.41. The Morgan fingerprint density at radius 3 is 2.55 bits per heavy atom. The van der Waals surface area contributed by atoms with E-state index in [2.05, 4.69) is 0 Å². The Hall–Kier alpha value is -0.820. The molecule has 0 atom stereocenters. The number of ether oxygens (including phenoxy) is 1. The van der Waals surface area contributed by atoms with Gasteiger partial charge in [-0.3, -0.25) is 4.79 Å². The second-order valence-electron chi connectivity index (χ2n) is 4.10. The third-order valence-corrected chi connectivity index (χ3v) is 3.68. The number of carbonyl (C=O) groups is 1. The van der Waals surface area contributed by atoms with Crippen LogP contribution in [0.4, 0.5) is 0 Å². The second kappa shape index (κ2) is 8.46. The topological polar surface area (TPSA) is 86.5 Å². The van der Waals surface area contributed by atoms with E-state index in [1.54, 1.807) is 12.1 Å². The van der Waals surface area contributed by atoms with Crippen LogP contribution in [0.3, 0.4) is 0 Å². The average molecular weight is 342 g/mol. The predicted octanol–water partition coefficient (Wildman–Crippen LogP) is 1.72. The summed E-state index contributed by atoms with van der Waals surface area (Å²) in [7, 11) is -2.98. The van der Waals surface area contributed by atoms with E-state index in [0.717, 1.165) is 0 Å². The van der Waals surface area contributed by atoms with Gasteiger partial charge in [-0.2, -0.15) is 0 Å². The van der Waals surface area contributed by atoms with Crippen molar-refractivity contribution < 1.29 is 17.9 Å². The molecule has 0 saturated heterocycles. The summed E-state index contributed by atoms with van der Waals surface area (Å²) in [6, 6.07) is 4.64. The third-order valence-electron chi connectivity index (χ3n) is 2.36. The van der Waals surface area contributed by atoms with Crippen LogP contribution in [0.25, 0.3) is 0 Å². The molecule has 2 N–H and O–H groups in total. The minimum Gasteiger partial charge on any atom is -0.492 e. The lowest BCUT2D eigenvalue weighted by Crippen LogP contribution is -2.13. The molecule has 0 aliphatic heterocycles. The highest BCUT2D eigenvalue weighted by molar-refractivity contribution is 7.90. The lowest BCUT2D eigenvalue weighted by molar-refractivity contribution is 0.100. The third kappa shape index (κ3) is 6.56. The molecule has 0 unspecified atom stereocenters. The van der Waals surface area contributed by atoms with E-state index in [0.29, 0.717) is 22.8 Å². The van der Waals surface area contributed by atoms with E-state index in [4.69, 9.17) is 22.1 Å². The quantitative estimate of drug-likeness (QED) is 0.602. The number of nitrogens with two attached hydrogens (primary N) is 1. The minimum absolute atomic E-state index is 0. The van der Waals surface area contributed by atoms with Gasteiger partial charge in [-0.05, 0) is 24.6 Å². The van der Waals surface area contributed by atoms with Gasteiger partial charge in [0.15, 0.2) is 5.78 Å². The number of rotatable bonds is 7. The normalized spacial score (nSPS) is 10.8. The van der Waals surface area contributed by atoms with Crippen molar-refractivity contribution in [3.63, 3.8) is 0 Å². The van der Waals surface area contributed by atoms with Gasteiger partial charge < -0.3 is 10.5 Å². The Labute approximate surface area is 129 Å². The van der Waals surface area contributed by atoms with Crippen molar-refractivity contribution in [3.8, 4) is 5.75 Å². The summed E-state index contributed by atoms with van der Waals surface area (Å²) < 4.78 is 27.2. The Kier molecular flexibility index (Phi) is 8.12. The van der Waals surface area contributed by atoms with Crippen LogP contribution >= 0.6 is 24.0 Å². The number of Topliss-reactive ketones (excluding diaryl/α,β-unsaturated/α-hetero) is 1. The molecule has 0 amide bonds. The fraction of sp³-hybridized carbons (Fsp3) is 0.417. The van der Waals surface area contributed by atoms with Crippen LogP contribution in [-0.4, -0.2) is 39.4 Å². The second-order valence-corrected chi connectivity index (χ2v) is 6.77. The molecular formula is C12H17Cl2NO4S. The molecule has 0 bridgehead atoms. The number of halogens is 2. The van der Waals surface area contributed by atoms with Crippen molar-refractivity contribution >= 4 is 39.6 Å². The van der Waals surface area contributed by atoms with Crippen molar-refractivity contribution in [1.82, 2.24) is 0 Å². The fourth-order valence-corrected chi connectivity index (χ4v) is 2.29. The summed E-state index contributed by atoms with van der Waals surface area (Å²) in [5.74, 6) is 0.281. The molecule has 8 heteroatoms. The zero-order valence-corrected chi connectivity index (χ0v) is 13.4. The lowest BCUT2D eigenvalue weighted by atomic mass is 10.1. The molecule has 0 radical (unpaired) electrons. The summed E-state index contributed by atoms with van der Waals surface area (Å²) in [5, 5.41) is 0.304. The summed E-state index contributed by atoms with van der Waals surface area (Å²) in [4.78, 5) is 11.4. The molecule has 0 saturated carbocycles. The first kappa shape index (κ1) is 19.2. The van der Waals surface area contributed by atoms with Crippen LogP contribution < -0.4 is 10.5 Å². The van der Waals surface area contributed by atoms with Crippen LogP contribution in [0.15, 0.2) is 18.2 Å². The molecule has 1 rings (SSSR count). The average Bonchev–Trinajstić information content (AvgIpc) is 2.33. The number of benzene rings is 1. The maximum atomic E-state index is 11.4. The van der Waals surface area contributed by atoms with Crippen LogP contribution in [0, 0.1) is 0 Å². The van der Waals surface area contributed by atoms with Crippen molar-refractivity contribution in [2.24, 2.45) is 5.73 Å². The van der Waals surface area contributed by atoms with E-state index in [1.165, 1.54) is 12.3 Å². The van der Waals surface area contributed by atoms with Crippen molar-refractivity contribution in [2.75, 3.05) is 25.2 Å². The molecule has 1 aromatic carbocycles. The van der Waals surface area contributed by atoms with Crippen LogP contribution in [0.5, 0.6) is 5.75 Å².